The number of carbonyl (C=O) groups excluding carboxylic acids is 2. The second kappa shape index (κ2) is 7.76. The van der Waals surface area contributed by atoms with Crippen LogP contribution < -0.4 is 0 Å². The predicted octanol–water partition coefficient (Wildman–Crippen LogP) is 3.60. The maximum Gasteiger partial charge on any atom is 0.331 e. The molecule has 178 valence electrons. The molecule has 0 bridgehead atoms. The summed E-state index contributed by atoms with van der Waals surface area (Å²) in [5, 5.41) is 22.2. The Hall–Kier alpha value is -1.54. The van der Waals surface area contributed by atoms with E-state index in [0.717, 1.165) is 17.6 Å². The molecule has 7 heteroatoms. The van der Waals surface area contributed by atoms with Crippen LogP contribution in [0.2, 0.25) is 0 Å². The lowest BCUT2D eigenvalue weighted by molar-refractivity contribution is -0.345. The number of ketones is 1. The first kappa shape index (κ1) is 23.6. The Balaban J connectivity index is 1.75. The summed E-state index contributed by atoms with van der Waals surface area (Å²) in [6, 6.07) is 0. The van der Waals surface area contributed by atoms with Crippen molar-refractivity contribution in [2.24, 2.45) is 23.7 Å². The maximum atomic E-state index is 14.1. The van der Waals surface area contributed by atoms with E-state index >= 15 is 0 Å². The van der Waals surface area contributed by atoms with Crippen LogP contribution in [0.3, 0.4) is 0 Å². The van der Waals surface area contributed by atoms with E-state index in [1.54, 1.807) is 0 Å². The van der Waals surface area contributed by atoms with Crippen LogP contribution in [0.15, 0.2) is 23.3 Å². The monoisotopic (exact) mass is 448 g/mol. The van der Waals surface area contributed by atoms with E-state index in [-0.39, 0.29) is 35.6 Å². The van der Waals surface area contributed by atoms with Gasteiger partial charge in [-0.25, -0.2) is 9.68 Å². The molecular formula is C25H36O7. The molecule has 1 saturated heterocycles. The number of cyclic esters (lactones) is 1. The van der Waals surface area contributed by atoms with Crippen molar-refractivity contribution in [2.45, 2.75) is 96.2 Å². The highest BCUT2D eigenvalue weighted by molar-refractivity contribution is 5.94. The van der Waals surface area contributed by atoms with Crippen LogP contribution in [0.25, 0.3) is 0 Å². The van der Waals surface area contributed by atoms with Gasteiger partial charge in [-0.2, -0.15) is 0 Å². The average molecular weight is 449 g/mol. The van der Waals surface area contributed by atoms with Crippen LogP contribution in [0.5, 0.6) is 0 Å². The van der Waals surface area contributed by atoms with Crippen molar-refractivity contribution in [3.05, 3.63) is 23.3 Å². The first-order valence-corrected chi connectivity index (χ1v) is 11.7. The first-order valence-electron chi connectivity index (χ1n) is 11.7. The summed E-state index contributed by atoms with van der Waals surface area (Å²) in [5.41, 5.74) is -1.93. The number of esters is 1. The Morgan fingerprint density at radius 1 is 1.28 bits per heavy atom. The summed E-state index contributed by atoms with van der Waals surface area (Å²) in [7, 11) is 0. The van der Waals surface area contributed by atoms with Crippen LogP contribution in [0.4, 0.5) is 0 Å². The van der Waals surface area contributed by atoms with Gasteiger partial charge in [-0.1, -0.05) is 25.5 Å². The quantitative estimate of drug-likeness (QED) is 0.287. The van der Waals surface area contributed by atoms with E-state index < -0.39 is 28.8 Å². The van der Waals surface area contributed by atoms with Gasteiger partial charge in [0.2, 0.25) is 0 Å². The lowest BCUT2D eigenvalue weighted by Crippen LogP contribution is -2.69. The highest BCUT2D eigenvalue weighted by Crippen LogP contribution is 2.63. The molecule has 7 nitrogen and oxygen atoms in total. The molecule has 2 heterocycles. The SMILES string of the molecule is CC(C)=C[C@H]1O[C@@](C)(CCC2OC(=O)C=C2C)[C@@H]2C(=O)[C@@]3(OO)[C@@H](C)CC[C@H]3[C@H](C)[C@@]21O. The standard InChI is InChI=1S/C25H36O7/c1-13(2)11-19-24(28)16(5)17-8-7-15(4)25(17,32-29)22(27)21(24)23(6,31-19)10-9-18-14(3)12-20(26)30-18/h11-12,15-19,21,28-29H,7-10H2,1-6H3/t15-,16-,17-,18?,19+,21-,23-,24-,25+/m0/s1. The maximum absolute atomic E-state index is 14.1. The number of fused-ring (bicyclic) bond motifs is 2. The summed E-state index contributed by atoms with van der Waals surface area (Å²) < 4.78 is 11.9. The Bertz CT molecular complexity index is 874. The van der Waals surface area contributed by atoms with Gasteiger partial charge in [-0.05, 0) is 70.8 Å². The highest BCUT2D eigenvalue weighted by Gasteiger charge is 2.76. The average Bonchev–Trinajstić information content (AvgIpc) is 3.29. The van der Waals surface area contributed by atoms with E-state index in [1.165, 1.54) is 6.08 Å². The van der Waals surface area contributed by atoms with Crippen molar-refractivity contribution < 1.29 is 34.3 Å². The topological polar surface area (TPSA) is 102 Å². The molecule has 0 amide bonds. The van der Waals surface area contributed by atoms with Crippen molar-refractivity contribution in [3.8, 4) is 0 Å². The minimum absolute atomic E-state index is 0.162. The van der Waals surface area contributed by atoms with E-state index in [9.17, 15) is 20.0 Å². The number of rotatable bonds is 5. The summed E-state index contributed by atoms with van der Waals surface area (Å²) in [6.07, 6.45) is 4.70. The molecule has 9 atom stereocenters. The van der Waals surface area contributed by atoms with Crippen molar-refractivity contribution in [2.75, 3.05) is 0 Å². The van der Waals surface area contributed by atoms with Gasteiger partial charge < -0.3 is 14.6 Å². The molecule has 3 fully saturated rings. The molecule has 32 heavy (non-hydrogen) atoms. The largest absolute Gasteiger partial charge is 0.455 e. The van der Waals surface area contributed by atoms with E-state index in [0.29, 0.717) is 19.3 Å². The first-order chi connectivity index (χ1) is 14.9. The fourth-order valence-corrected chi connectivity index (χ4v) is 7.06. The van der Waals surface area contributed by atoms with Crippen molar-refractivity contribution in [1.29, 1.82) is 0 Å². The van der Waals surface area contributed by atoms with Gasteiger partial charge in [0.1, 0.15) is 17.8 Å². The Labute approximate surface area is 189 Å². The molecule has 2 aliphatic carbocycles. The zero-order valence-corrected chi connectivity index (χ0v) is 19.9. The third-order valence-electron chi connectivity index (χ3n) is 8.75. The molecule has 0 aromatic heterocycles. The smallest absolute Gasteiger partial charge is 0.331 e. The summed E-state index contributed by atoms with van der Waals surface area (Å²) >= 11 is 0. The zero-order valence-electron chi connectivity index (χ0n) is 19.9. The number of allylic oxidation sites excluding steroid dienone is 1. The molecule has 0 aromatic carbocycles. The third kappa shape index (κ3) is 3.08. The van der Waals surface area contributed by atoms with E-state index in [4.69, 9.17) is 14.4 Å². The minimum atomic E-state index is -1.42. The lowest BCUT2D eigenvalue weighted by atomic mass is 9.53. The minimum Gasteiger partial charge on any atom is -0.455 e. The molecule has 4 aliphatic rings. The van der Waals surface area contributed by atoms with Gasteiger partial charge in [-0.3, -0.25) is 10.1 Å². The van der Waals surface area contributed by atoms with Crippen LogP contribution >= 0.6 is 0 Å². The van der Waals surface area contributed by atoms with Crippen molar-refractivity contribution in [1.82, 2.24) is 0 Å². The highest BCUT2D eigenvalue weighted by atomic mass is 17.1. The number of hydrogen-bond donors (Lipinski definition) is 2. The van der Waals surface area contributed by atoms with Crippen molar-refractivity contribution >= 4 is 11.8 Å². The van der Waals surface area contributed by atoms with Crippen LogP contribution in [0, 0.1) is 23.7 Å². The summed E-state index contributed by atoms with van der Waals surface area (Å²) in [6.45, 7) is 11.5. The normalized spacial score (nSPS) is 47.7. The van der Waals surface area contributed by atoms with Gasteiger partial charge in [0.15, 0.2) is 11.4 Å². The van der Waals surface area contributed by atoms with Gasteiger partial charge in [0.05, 0.1) is 11.5 Å². The molecular weight excluding hydrogens is 412 g/mol. The van der Waals surface area contributed by atoms with Crippen molar-refractivity contribution in [3.63, 3.8) is 0 Å². The van der Waals surface area contributed by atoms with E-state index in [1.807, 2.05) is 47.6 Å². The van der Waals surface area contributed by atoms with Gasteiger partial charge in [0, 0.05) is 12.0 Å². The molecule has 0 aromatic rings. The zero-order chi connectivity index (χ0) is 23.6. The Morgan fingerprint density at radius 2 is 1.97 bits per heavy atom. The molecule has 2 N–H and O–H groups in total. The summed E-state index contributed by atoms with van der Waals surface area (Å²) in [5.74, 6) is -2.30. The van der Waals surface area contributed by atoms with Gasteiger partial charge in [-0.15, -0.1) is 0 Å². The molecule has 4 rings (SSSR count). The molecule has 0 radical (unpaired) electrons. The fraction of sp³-hybridized carbons (Fsp3) is 0.760. The van der Waals surface area contributed by atoms with E-state index in [2.05, 4.69) is 0 Å². The summed E-state index contributed by atoms with van der Waals surface area (Å²) in [4.78, 5) is 30.8. The van der Waals surface area contributed by atoms with Gasteiger partial charge in [0.25, 0.3) is 0 Å². The number of Topliss-reactive ketones (excluding diaryl/α,β-unsaturated/α-hetero) is 1. The molecule has 0 spiro atoms. The molecule has 2 saturated carbocycles. The molecule has 2 aliphatic heterocycles. The number of carbonyl (C=O) groups is 2. The van der Waals surface area contributed by atoms with Gasteiger partial charge >= 0.3 is 5.97 Å². The molecule has 1 unspecified atom stereocenters. The van der Waals surface area contributed by atoms with Crippen LogP contribution in [0.1, 0.15) is 67.2 Å². The third-order valence-corrected chi connectivity index (χ3v) is 8.75. The number of hydrogen-bond acceptors (Lipinski definition) is 7. The second-order valence-corrected chi connectivity index (χ2v) is 10.9. The predicted molar refractivity (Wildman–Crippen MR) is 117 cm³/mol. The Kier molecular flexibility index (Phi) is 5.72. The Morgan fingerprint density at radius 3 is 2.53 bits per heavy atom. The lowest BCUT2D eigenvalue weighted by Gasteiger charge is -2.53. The number of aliphatic hydroxyl groups is 1. The van der Waals surface area contributed by atoms with Crippen LogP contribution in [-0.2, 0) is 24.0 Å². The van der Waals surface area contributed by atoms with Crippen LogP contribution in [-0.4, -0.2) is 51.1 Å². The second-order valence-electron chi connectivity index (χ2n) is 10.9. The number of ether oxygens (including phenoxy) is 2. The fourth-order valence-electron chi connectivity index (χ4n) is 7.06.